The third kappa shape index (κ3) is 6.35. The number of carbonyl (C=O) groups excluding carboxylic acids is 1. The van der Waals surface area contributed by atoms with E-state index in [-0.39, 0.29) is 23.2 Å². The summed E-state index contributed by atoms with van der Waals surface area (Å²) in [6.45, 7) is 4.05. The van der Waals surface area contributed by atoms with Gasteiger partial charge in [-0.3, -0.25) is 4.90 Å². The molecule has 214 valence electrons. The summed E-state index contributed by atoms with van der Waals surface area (Å²) in [4.78, 5) is 21.1. The van der Waals surface area contributed by atoms with Crippen LogP contribution < -0.4 is 14.5 Å². The number of halogens is 4. The lowest BCUT2D eigenvalue weighted by molar-refractivity contribution is -0.138. The zero-order valence-corrected chi connectivity index (χ0v) is 22.7. The molecule has 0 radical (unpaired) electrons. The number of alkyl halides is 3. The summed E-state index contributed by atoms with van der Waals surface area (Å²) in [6, 6.07) is 6.36. The molecule has 0 amide bonds. The Morgan fingerprint density at radius 1 is 1.27 bits per heavy atom. The molecule has 8 nitrogen and oxygen atoms in total. The molecule has 2 aromatic rings. The topological polar surface area (TPSA) is 81.9 Å². The van der Waals surface area contributed by atoms with Gasteiger partial charge in [0.25, 0.3) is 0 Å². The molecule has 2 fully saturated rings. The van der Waals surface area contributed by atoms with Crippen molar-refractivity contribution in [3.63, 3.8) is 0 Å². The molecule has 13 heteroatoms. The number of aldehydes is 1. The number of morpholine rings is 1. The lowest BCUT2D eigenvalue weighted by Crippen LogP contribution is -2.60. The summed E-state index contributed by atoms with van der Waals surface area (Å²) in [6.07, 6.45) is -0.612. The fourth-order valence-corrected chi connectivity index (χ4v) is 5.12. The SMILES string of the molecule is CN(C(=S)N(c1ccc(F)c(OCCCN2CCOCC2)c1)C1(C=O)CCC1)c1cnc(C#N)c(C(F)(F)F)c1. The molecule has 1 saturated heterocycles. The molecule has 0 unspecified atom stereocenters. The predicted octanol–water partition coefficient (Wildman–Crippen LogP) is 4.56. The highest BCUT2D eigenvalue weighted by molar-refractivity contribution is 7.80. The lowest BCUT2D eigenvalue weighted by atomic mass is 9.76. The van der Waals surface area contributed by atoms with Gasteiger partial charge in [0.1, 0.15) is 17.9 Å². The first kappa shape index (κ1) is 29.6. The van der Waals surface area contributed by atoms with Crippen molar-refractivity contribution >= 4 is 35.0 Å². The van der Waals surface area contributed by atoms with E-state index in [1.807, 2.05) is 0 Å². The maximum absolute atomic E-state index is 14.7. The van der Waals surface area contributed by atoms with Crippen molar-refractivity contribution in [2.75, 3.05) is 56.3 Å². The van der Waals surface area contributed by atoms with Gasteiger partial charge in [-0.25, -0.2) is 9.37 Å². The van der Waals surface area contributed by atoms with Gasteiger partial charge >= 0.3 is 6.18 Å². The van der Waals surface area contributed by atoms with Crippen molar-refractivity contribution in [2.45, 2.75) is 37.4 Å². The Kier molecular flexibility index (Phi) is 9.22. The van der Waals surface area contributed by atoms with Crippen LogP contribution in [0.1, 0.15) is 36.9 Å². The Bertz CT molecular complexity index is 1280. The van der Waals surface area contributed by atoms with Gasteiger partial charge in [-0.2, -0.15) is 18.4 Å². The van der Waals surface area contributed by atoms with E-state index >= 15 is 0 Å². The average Bonchev–Trinajstić information content (AvgIpc) is 2.93. The van der Waals surface area contributed by atoms with Gasteiger partial charge in [0.2, 0.25) is 0 Å². The van der Waals surface area contributed by atoms with Gasteiger partial charge < -0.3 is 24.1 Å². The predicted molar refractivity (Wildman–Crippen MR) is 144 cm³/mol. The Balaban J connectivity index is 1.59. The van der Waals surface area contributed by atoms with E-state index in [0.717, 1.165) is 44.6 Å². The number of rotatable bonds is 9. The van der Waals surface area contributed by atoms with Gasteiger partial charge in [0.05, 0.1) is 37.3 Å². The first-order chi connectivity index (χ1) is 19.1. The maximum atomic E-state index is 14.7. The van der Waals surface area contributed by atoms with Crippen LogP contribution in [0.2, 0.25) is 0 Å². The van der Waals surface area contributed by atoms with E-state index in [1.54, 1.807) is 0 Å². The van der Waals surface area contributed by atoms with E-state index in [0.29, 0.717) is 38.2 Å². The van der Waals surface area contributed by atoms with Crippen LogP contribution >= 0.6 is 12.2 Å². The summed E-state index contributed by atoms with van der Waals surface area (Å²) >= 11 is 5.70. The van der Waals surface area contributed by atoms with Crippen molar-refractivity contribution in [2.24, 2.45) is 0 Å². The van der Waals surface area contributed by atoms with E-state index in [1.165, 1.54) is 41.1 Å². The summed E-state index contributed by atoms with van der Waals surface area (Å²) in [5.74, 6) is -0.607. The smallest absolute Gasteiger partial charge is 0.419 e. The monoisotopic (exact) mass is 579 g/mol. The standard InChI is InChI=1S/C27H29F4N5O3S/c1-34(20-14-21(27(29,30)31)23(16-32)33-17-20)25(40)36(26(18-37)6-2-7-26)19-4-5-22(28)24(15-19)39-11-3-8-35-9-12-38-13-10-35/h4-5,14-15,17-18H,2-3,6-13H2,1H3. The highest BCUT2D eigenvalue weighted by atomic mass is 32.1. The number of hydrogen-bond acceptors (Lipinski definition) is 7. The summed E-state index contributed by atoms with van der Waals surface area (Å²) in [5, 5.41) is 9.09. The Labute approximate surface area is 235 Å². The van der Waals surface area contributed by atoms with Gasteiger partial charge in [-0.05, 0) is 56.1 Å². The number of nitriles is 1. The van der Waals surface area contributed by atoms with E-state index in [9.17, 15) is 22.4 Å². The Morgan fingerprint density at radius 2 is 2.00 bits per heavy atom. The number of hydrogen-bond donors (Lipinski definition) is 0. The first-order valence-corrected chi connectivity index (χ1v) is 13.2. The average molecular weight is 580 g/mol. The molecule has 0 spiro atoms. The van der Waals surface area contributed by atoms with Gasteiger partial charge in [-0.1, -0.05) is 0 Å². The molecule has 1 saturated carbocycles. The molecular weight excluding hydrogens is 550 g/mol. The molecule has 2 heterocycles. The number of pyridine rings is 1. The van der Waals surface area contributed by atoms with Gasteiger partial charge in [0, 0.05) is 38.4 Å². The quantitative estimate of drug-likeness (QED) is 0.184. The number of thiocarbonyl (C=S) groups is 1. The summed E-state index contributed by atoms with van der Waals surface area (Å²) in [5.41, 5.74) is -2.67. The fourth-order valence-electron chi connectivity index (χ4n) is 4.73. The van der Waals surface area contributed by atoms with Crippen LogP contribution in [0.5, 0.6) is 5.75 Å². The van der Waals surface area contributed by atoms with Crippen molar-refractivity contribution in [3.8, 4) is 11.8 Å². The van der Waals surface area contributed by atoms with Crippen LogP contribution in [0.3, 0.4) is 0 Å². The van der Waals surface area contributed by atoms with Crippen molar-refractivity contribution < 1.29 is 31.8 Å². The van der Waals surface area contributed by atoms with Crippen LogP contribution in [0.15, 0.2) is 30.5 Å². The second-order valence-electron chi connectivity index (χ2n) is 9.72. The normalized spacial score (nSPS) is 16.9. The zero-order valence-electron chi connectivity index (χ0n) is 21.9. The third-order valence-electron chi connectivity index (χ3n) is 7.19. The first-order valence-electron chi connectivity index (χ1n) is 12.8. The Hall–Kier alpha value is -3.34. The largest absolute Gasteiger partial charge is 0.490 e. The molecule has 1 aliphatic carbocycles. The highest BCUT2D eigenvalue weighted by Crippen LogP contribution is 2.42. The molecular formula is C27H29F4N5O3S. The minimum Gasteiger partial charge on any atom is -0.490 e. The number of benzene rings is 1. The zero-order chi connectivity index (χ0) is 28.9. The van der Waals surface area contributed by atoms with E-state index in [4.69, 9.17) is 27.0 Å². The van der Waals surface area contributed by atoms with Crippen LogP contribution in [-0.4, -0.2) is 73.3 Å². The number of nitrogens with zero attached hydrogens (tertiary/aromatic N) is 5. The molecule has 1 aromatic heterocycles. The molecule has 0 N–H and O–H groups in total. The molecule has 2 aliphatic rings. The van der Waals surface area contributed by atoms with Crippen LogP contribution in [-0.2, 0) is 15.7 Å². The number of anilines is 2. The molecule has 0 bridgehead atoms. The minimum absolute atomic E-state index is 0.0105. The van der Waals surface area contributed by atoms with E-state index < -0.39 is 28.8 Å². The minimum atomic E-state index is -4.81. The molecule has 0 atom stereocenters. The Morgan fingerprint density at radius 3 is 2.60 bits per heavy atom. The van der Waals surface area contributed by atoms with Crippen LogP contribution in [0, 0.1) is 17.1 Å². The second-order valence-corrected chi connectivity index (χ2v) is 10.1. The molecule has 1 aliphatic heterocycles. The van der Waals surface area contributed by atoms with Crippen LogP contribution in [0.4, 0.5) is 28.9 Å². The summed E-state index contributed by atoms with van der Waals surface area (Å²) < 4.78 is 66.5. The van der Waals surface area contributed by atoms with Crippen molar-refractivity contribution in [1.82, 2.24) is 9.88 Å². The highest BCUT2D eigenvalue weighted by Gasteiger charge is 2.46. The number of ether oxygens (including phenoxy) is 2. The van der Waals surface area contributed by atoms with E-state index in [2.05, 4.69) is 9.88 Å². The molecule has 4 rings (SSSR count). The summed E-state index contributed by atoms with van der Waals surface area (Å²) in [7, 11) is 1.45. The van der Waals surface area contributed by atoms with Crippen LogP contribution in [0.25, 0.3) is 0 Å². The third-order valence-corrected chi connectivity index (χ3v) is 7.64. The number of carbonyl (C=O) groups is 1. The second kappa shape index (κ2) is 12.4. The van der Waals surface area contributed by atoms with Gasteiger partial charge in [-0.15, -0.1) is 0 Å². The van der Waals surface area contributed by atoms with Crippen molar-refractivity contribution in [1.29, 1.82) is 5.26 Å². The fraction of sp³-hybridized carbons (Fsp3) is 0.481. The lowest BCUT2D eigenvalue weighted by Gasteiger charge is -2.48. The molecule has 1 aromatic carbocycles. The van der Waals surface area contributed by atoms with Crippen molar-refractivity contribution in [3.05, 3.63) is 47.5 Å². The van der Waals surface area contributed by atoms with Gasteiger partial charge in [0.15, 0.2) is 22.4 Å². The molecule has 40 heavy (non-hydrogen) atoms. The number of aromatic nitrogens is 1. The maximum Gasteiger partial charge on any atom is 0.419 e.